The summed E-state index contributed by atoms with van der Waals surface area (Å²) < 4.78 is 38.8. The van der Waals surface area contributed by atoms with Gasteiger partial charge in [0.15, 0.2) is 0 Å². The van der Waals surface area contributed by atoms with Crippen molar-refractivity contribution in [3.05, 3.63) is 99.2 Å². The number of nitrogens with zero attached hydrogens (tertiary/aromatic N) is 1. The van der Waals surface area contributed by atoms with E-state index in [1.54, 1.807) is 19.1 Å². The normalized spacial score (nSPS) is 13.9. The van der Waals surface area contributed by atoms with Crippen LogP contribution in [0.1, 0.15) is 21.5 Å². The van der Waals surface area contributed by atoms with E-state index in [9.17, 15) is 27.6 Å². The monoisotopic (exact) mass is 533 g/mol. The topological polar surface area (TPSA) is 78.5 Å². The number of imide groups is 1. The van der Waals surface area contributed by atoms with E-state index < -0.39 is 29.5 Å². The van der Waals surface area contributed by atoms with Gasteiger partial charge in [0.05, 0.1) is 11.3 Å². The second-order valence-corrected chi connectivity index (χ2v) is 8.62. The van der Waals surface area contributed by atoms with Crippen LogP contribution in [0.3, 0.4) is 0 Å². The number of benzene rings is 3. The molecule has 0 unspecified atom stereocenters. The molecule has 184 valence electrons. The largest absolute Gasteiger partial charge is 0.416 e. The van der Waals surface area contributed by atoms with Crippen molar-refractivity contribution >= 4 is 58.0 Å². The van der Waals surface area contributed by atoms with Gasteiger partial charge in [0, 0.05) is 22.0 Å². The first-order chi connectivity index (χ1) is 17.0. The van der Waals surface area contributed by atoms with Crippen molar-refractivity contribution < 1.29 is 27.6 Å². The van der Waals surface area contributed by atoms with Crippen LogP contribution in [-0.4, -0.2) is 17.7 Å². The molecule has 4 rings (SSSR count). The van der Waals surface area contributed by atoms with E-state index in [-0.39, 0.29) is 33.4 Å². The zero-order valence-corrected chi connectivity index (χ0v) is 19.9. The number of aryl methyl sites for hydroxylation is 1. The summed E-state index contributed by atoms with van der Waals surface area (Å²) in [4.78, 5) is 39.3. The summed E-state index contributed by atoms with van der Waals surface area (Å²) in [6.45, 7) is 1.71. The summed E-state index contributed by atoms with van der Waals surface area (Å²) >= 11 is 12.2. The number of alkyl halides is 3. The van der Waals surface area contributed by atoms with Gasteiger partial charge in [-0.1, -0.05) is 41.4 Å². The summed E-state index contributed by atoms with van der Waals surface area (Å²) in [7, 11) is 0. The number of rotatable bonds is 5. The molecule has 2 N–H and O–H groups in total. The summed E-state index contributed by atoms with van der Waals surface area (Å²) in [6, 6.07) is 14.8. The number of anilines is 3. The Bertz CT molecular complexity index is 1440. The van der Waals surface area contributed by atoms with Gasteiger partial charge in [0.2, 0.25) is 0 Å². The highest BCUT2D eigenvalue weighted by molar-refractivity contribution is 6.53. The van der Waals surface area contributed by atoms with E-state index in [2.05, 4.69) is 10.6 Å². The molecule has 11 heteroatoms. The van der Waals surface area contributed by atoms with Gasteiger partial charge in [-0.3, -0.25) is 14.4 Å². The summed E-state index contributed by atoms with van der Waals surface area (Å²) in [5, 5.41) is 5.15. The Morgan fingerprint density at radius 2 is 1.58 bits per heavy atom. The molecule has 0 radical (unpaired) electrons. The Morgan fingerprint density at radius 3 is 2.31 bits per heavy atom. The first kappa shape index (κ1) is 25.3. The molecule has 1 aliphatic rings. The number of hydrogen-bond donors (Lipinski definition) is 2. The number of carbonyl (C=O) groups is 3. The van der Waals surface area contributed by atoms with Gasteiger partial charge in [-0.2, -0.15) is 13.2 Å². The van der Waals surface area contributed by atoms with Crippen LogP contribution in [0.25, 0.3) is 0 Å². The Kier molecular flexibility index (Phi) is 6.79. The van der Waals surface area contributed by atoms with Crippen LogP contribution in [-0.2, 0) is 15.8 Å². The SMILES string of the molecule is Cc1ccc(Cl)cc1N1C(=O)C(Cl)=C(Nc2cccc(C(=O)Nc3cccc(C(F)(F)F)c3)c2)C1=O. The molecule has 3 aromatic carbocycles. The van der Waals surface area contributed by atoms with Crippen LogP contribution in [0.15, 0.2) is 77.5 Å². The molecular formula is C25H16Cl2F3N3O3. The maximum Gasteiger partial charge on any atom is 0.416 e. The number of halogens is 5. The molecule has 3 amide bonds. The number of hydrogen-bond acceptors (Lipinski definition) is 4. The van der Waals surface area contributed by atoms with Crippen molar-refractivity contribution in [2.75, 3.05) is 15.5 Å². The minimum absolute atomic E-state index is 0.0389. The van der Waals surface area contributed by atoms with Gasteiger partial charge >= 0.3 is 6.18 Å². The van der Waals surface area contributed by atoms with Crippen LogP contribution in [0.4, 0.5) is 30.2 Å². The number of carbonyl (C=O) groups excluding carboxylic acids is 3. The fraction of sp³-hybridized carbons (Fsp3) is 0.0800. The van der Waals surface area contributed by atoms with Gasteiger partial charge in [-0.05, 0) is 61.0 Å². The summed E-state index contributed by atoms with van der Waals surface area (Å²) in [6.07, 6.45) is -4.56. The molecule has 6 nitrogen and oxygen atoms in total. The van der Waals surface area contributed by atoms with E-state index in [0.29, 0.717) is 10.6 Å². The number of nitrogens with one attached hydrogen (secondary N) is 2. The predicted molar refractivity (Wildman–Crippen MR) is 131 cm³/mol. The number of amides is 3. The van der Waals surface area contributed by atoms with E-state index in [4.69, 9.17) is 23.2 Å². The standard InChI is InChI=1S/C25H16Cl2F3N3O3/c1-13-8-9-16(26)12-19(13)33-23(35)20(27)21(24(33)36)31-17-6-2-4-14(10-17)22(34)32-18-7-3-5-15(11-18)25(28,29)30/h2-12,31H,1H3,(H,32,34). The van der Waals surface area contributed by atoms with Crippen molar-refractivity contribution in [2.24, 2.45) is 0 Å². The lowest BCUT2D eigenvalue weighted by Crippen LogP contribution is -2.32. The Hall–Kier alpha value is -3.82. The minimum Gasteiger partial charge on any atom is -0.350 e. The lowest BCUT2D eigenvalue weighted by Gasteiger charge is -2.18. The molecule has 0 saturated heterocycles. The van der Waals surface area contributed by atoms with Crippen LogP contribution < -0.4 is 15.5 Å². The molecule has 0 bridgehead atoms. The molecule has 1 heterocycles. The molecule has 0 fully saturated rings. The summed E-state index contributed by atoms with van der Waals surface area (Å²) in [5.41, 5.74) is 0.113. The molecule has 36 heavy (non-hydrogen) atoms. The lowest BCUT2D eigenvalue weighted by molar-refractivity contribution is -0.137. The Labute approximate surface area is 213 Å². The van der Waals surface area contributed by atoms with Crippen LogP contribution in [0.5, 0.6) is 0 Å². The van der Waals surface area contributed by atoms with Gasteiger partial charge in [0.1, 0.15) is 10.7 Å². The fourth-order valence-electron chi connectivity index (χ4n) is 3.51. The van der Waals surface area contributed by atoms with Crippen LogP contribution in [0.2, 0.25) is 5.02 Å². The molecule has 0 saturated carbocycles. The first-order valence-corrected chi connectivity index (χ1v) is 11.1. The smallest absolute Gasteiger partial charge is 0.350 e. The van der Waals surface area contributed by atoms with Crippen LogP contribution in [0, 0.1) is 6.92 Å². The van der Waals surface area contributed by atoms with Crippen molar-refractivity contribution in [2.45, 2.75) is 13.1 Å². The second kappa shape index (κ2) is 9.67. The maximum absolute atomic E-state index is 13.1. The third-order valence-corrected chi connectivity index (χ3v) is 5.87. The molecule has 0 aromatic heterocycles. The van der Waals surface area contributed by atoms with Crippen LogP contribution >= 0.6 is 23.2 Å². The second-order valence-electron chi connectivity index (χ2n) is 7.80. The molecule has 0 aliphatic carbocycles. The van der Waals surface area contributed by atoms with E-state index >= 15 is 0 Å². The fourth-order valence-corrected chi connectivity index (χ4v) is 3.89. The van der Waals surface area contributed by atoms with Crippen molar-refractivity contribution in [3.8, 4) is 0 Å². The minimum atomic E-state index is -4.56. The van der Waals surface area contributed by atoms with E-state index in [0.717, 1.165) is 17.0 Å². The average Bonchev–Trinajstić information content (AvgIpc) is 3.03. The third kappa shape index (κ3) is 5.07. The zero-order chi connectivity index (χ0) is 26.2. The molecular weight excluding hydrogens is 518 g/mol. The van der Waals surface area contributed by atoms with Gasteiger partial charge in [-0.25, -0.2) is 4.90 Å². The average molecular weight is 534 g/mol. The molecule has 0 atom stereocenters. The maximum atomic E-state index is 13.1. The Morgan fingerprint density at radius 1 is 0.889 bits per heavy atom. The van der Waals surface area contributed by atoms with E-state index in [1.807, 2.05) is 0 Å². The molecule has 1 aliphatic heterocycles. The van der Waals surface area contributed by atoms with Crippen molar-refractivity contribution in [1.29, 1.82) is 0 Å². The van der Waals surface area contributed by atoms with Gasteiger partial charge < -0.3 is 10.6 Å². The zero-order valence-electron chi connectivity index (χ0n) is 18.4. The first-order valence-electron chi connectivity index (χ1n) is 10.4. The highest BCUT2D eigenvalue weighted by Gasteiger charge is 2.39. The van der Waals surface area contributed by atoms with Crippen molar-refractivity contribution in [1.82, 2.24) is 0 Å². The molecule has 3 aromatic rings. The van der Waals surface area contributed by atoms with Gasteiger partial charge in [-0.15, -0.1) is 0 Å². The lowest BCUT2D eigenvalue weighted by atomic mass is 10.1. The van der Waals surface area contributed by atoms with Gasteiger partial charge in [0.25, 0.3) is 17.7 Å². The highest BCUT2D eigenvalue weighted by Crippen LogP contribution is 2.34. The predicted octanol–water partition coefficient (Wildman–Crippen LogP) is 6.36. The highest BCUT2D eigenvalue weighted by atomic mass is 35.5. The molecule has 0 spiro atoms. The quantitative estimate of drug-likeness (QED) is 0.374. The Balaban J connectivity index is 1.55. The van der Waals surface area contributed by atoms with Crippen molar-refractivity contribution in [3.63, 3.8) is 0 Å². The third-order valence-electron chi connectivity index (χ3n) is 5.28. The van der Waals surface area contributed by atoms with E-state index in [1.165, 1.54) is 42.5 Å². The summed E-state index contributed by atoms with van der Waals surface area (Å²) in [5.74, 6) is -2.13.